The molecule has 4 rings (SSSR count). The molecule has 2 saturated heterocycles. The molecule has 0 aliphatic carbocycles. The third-order valence-electron chi connectivity index (χ3n) is 5.25. The molecule has 0 radical (unpaired) electrons. The molecule has 128 valence electrons. The lowest BCUT2D eigenvalue weighted by molar-refractivity contribution is -0.0144. The number of para-hydroxylation sites is 1. The summed E-state index contributed by atoms with van der Waals surface area (Å²) in [6, 6.07) is 9.13. The van der Waals surface area contributed by atoms with Gasteiger partial charge in [-0.2, -0.15) is 5.10 Å². The lowest BCUT2D eigenvalue weighted by Crippen LogP contribution is -2.39. The molecule has 0 saturated carbocycles. The van der Waals surface area contributed by atoms with Crippen LogP contribution in [-0.2, 0) is 11.3 Å². The van der Waals surface area contributed by atoms with Gasteiger partial charge in [-0.15, -0.1) is 0 Å². The average Bonchev–Trinajstić information content (AvgIpc) is 3.28. The Kier molecular flexibility index (Phi) is 4.54. The van der Waals surface area contributed by atoms with Gasteiger partial charge in [0.1, 0.15) is 0 Å². The number of morpholine rings is 1. The summed E-state index contributed by atoms with van der Waals surface area (Å²) in [5.41, 5.74) is 5.22. The maximum atomic E-state index is 5.76. The Bertz CT molecular complexity index is 678. The second-order valence-corrected chi connectivity index (χ2v) is 6.85. The lowest BCUT2D eigenvalue weighted by atomic mass is 10.1. The van der Waals surface area contributed by atoms with Crippen molar-refractivity contribution in [3.8, 4) is 0 Å². The van der Waals surface area contributed by atoms with Crippen LogP contribution in [0.4, 0.5) is 5.69 Å². The number of hydrogen-bond acceptors (Lipinski definition) is 4. The molecule has 5 heteroatoms. The van der Waals surface area contributed by atoms with Gasteiger partial charge in [0.05, 0.1) is 31.1 Å². The summed E-state index contributed by atoms with van der Waals surface area (Å²) >= 11 is 0. The fraction of sp³-hybridized carbons (Fsp3) is 0.526. The summed E-state index contributed by atoms with van der Waals surface area (Å²) in [5, 5.41) is 7.38. The lowest BCUT2D eigenvalue weighted by Gasteiger charge is -2.36. The van der Waals surface area contributed by atoms with Crippen LogP contribution < -0.4 is 4.90 Å². The highest BCUT2D eigenvalue weighted by molar-refractivity contribution is 5.54. The molecule has 1 aromatic heterocycles. The van der Waals surface area contributed by atoms with Crippen molar-refractivity contribution in [3.63, 3.8) is 0 Å². The normalized spacial score (nSPS) is 22.2. The molecule has 0 unspecified atom stereocenters. The van der Waals surface area contributed by atoms with Crippen LogP contribution in [0.15, 0.2) is 30.5 Å². The minimum Gasteiger partial charge on any atom is -0.378 e. The SMILES string of the molecule is Cc1cn[nH]c1[C@@H]1COCCN1Cc1ccccc1N1CCCC1. The Labute approximate surface area is 143 Å². The van der Waals surface area contributed by atoms with Crippen LogP contribution >= 0.6 is 0 Å². The number of nitrogens with one attached hydrogen (secondary N) is 1. The molecule has 0 amide bonds. The van der Waals surface area contributed by atoms with Gasteiger partial charge in [0.25, 0.3) is 0 Å². The van der Waals surface area contributed by atoms with Gasteiger partial charge in [0.2, 0.25) is 0 Å². The maximum absolute atomic E-state index is 5.76. The molecule has 0 bridgehead atoms. The van der Waals surface area contributed by atoms with Crippen molar-refractivity contribution < 1.29 is 4.74 Å². The predicted octanol–water partition coefficient (Wildman–Crippen LogP) is 2.89. The Hall–Kier alpha value is -1.85. The number of H-pyrrole nitrogens is 1. The number of aromatic nitrogens is 2. The predicted molar refractivity (Wildman–Crippen MR) is 95.2 cm³/mol. The molecule has 1 N–H and O–H groups in total. The summed E-state index contributed by atoms with van der Waals surface area (Å²) in [5.74, 6) is 0. The Morgan fingerprint density at radius 2 is 2.04 bits per heavy atom. The topological polar surface area (TPSA) is 44.4 Å². The van der Waals surface area contributed by atoms with Crippen LogP contribution in [0.25, 0.3) is 0 Å². The zero-order chi connectivity index (χ0) is 16.4. The van der Waals surface area contributed by atoms with E-state index in [-0.39, 0.29) is 6.04 Å². The van der Waals surface area contributed by atoms with Gasteiger partial charge >= 0.3 is 0 Å². The average molecular weight is 326 g/mol. The standard InChI is InChI=1S/C19H26N4O/c1-15-12-20-21-19(15)18-14-24-11-10-23(18)13-16-6-2-3-7-17(16)22-8-4-5-9-22/h2-3,6-7,12,18H,4-5,8-11,13-14H2,1H3,(H,20,21)/t18-/m0/s1. The fourth-order valence-electron chi connectivity index (χ4n) is 3.92. The molecular weight excluding hydrogens is 300 g/mol. The van der Waals surface area contributed by atoms with E-state index in [1.54, 1.807) is 0 Å². The van der Waals surface area contributed by atoms with Crippen LogP contribution in [-0.4, -0.2) is 47.9 Å². The molecular formula is C19H26N4O. The van der Waals surface area contributed by atoms with E-state index < -0.39 is 0 Å². The molecule has 0 spiro atoms. The van der Waals surface area contributed by atoms with Crippen LogP contribution in [0.2, 0.25) is 0 Å². The van der Waals surface area contributed by atoms with Gasteiger partial charge in [0, 0.05) is 31.9 Å². The number of benzene rings is 1. The van der Waals surface area contributed by atoms with E-state index >= 15 is 0 Å². The van der Waals surface area contributed by atoms with Crippen molar-refractivity contribution in [1.29, 1.82) is 0 Å². The third-order valence-corrected chi connectivity index (χ3v) is 5.25. The van der Waals surface area contributed by atoms with Crippen molar-refractivity contribution in [2.45, 2.75) is 32.4 Å². The van der Waals surface area contributed by atoms with E-state index in [2.05, 4.69) is 51.2 Å². The second kappa shape index (κ2) is 6.95. The highest BCUT2D eigenvalue weighted by atomic mass is 16.5. The van der Waals surface area contributed by atoms with Crippen LogP contribution in [0.3, 0.4) is 0 Å². The minimum atomic E-state index is 0.257. The summed E-state index contributed by atoms with van der Waals surface area (Å²) in [6.45, 7) is 7.93. The zero-order valence-corrected chi connectivity index (χ0v) is 14.4. The number of hydrogen-bond donors (Lipinski definition) is 1. The van der Waals surface area contributed by atoms with Gasteiger partial charge in [-0.05, 0) is 37.0 Å². The van der Waals surface area contributed by atoms with Gasteiger partial charge in [-0.3, -0.25) is 10.00 Å². The first-order valence-electron chi connectivity index (χ1n) is 8.97. The van der Waals surface area contributed by atoms with E-state index in [1.165, 1.54) is 48.4 Å². The van der Waals surface area contributed by atoms with E-state index in [4.69, 9.17) is 4.74 Å². The van der Waals surface area contributed by atoms with E-state index in [0.29, 0.717) is 0 Å². The van der Waals surface area contributed by atoms with Gasteiger partial charge in [-0.1, -0.05) is 18.2 Å². The van der Waals surface area contributed by atoms with Crippen molar-refractivity contribution in [3.05, 3.63) is 47.3 Å². The van der Waals surface area contributed by atoms with E-state index in [1.807, 2.05) is 6.20 Å². The fourth-order valence-corrected chi connectivity index (χ4v) is 3.92. The van der Waals surface area contributed by atoms with Crippen molar-refractivity contribution in [1.82, 2.24) is 15.1 Å². The summed E-state index contributed by atoms with van der Waals surface area (Å²) in [6.07, 6.45) is 4.52. The van der Waals surface area contributed by atoms with Gasteiger partial charge in [0.15, 0.2) is 0 Å². The minimum absolute atomic E-state index is 0.257. The Balaban J connectivity index is 1.58. The van der Waals surface area contributed by atoms with Crippen LogP contribution in [0, 0.1) is 6.92 Å². The molecule has 3 heterocycles. The van der Waals surface area contributed by atoms with E-state index in [0.717, 1.165) is 26.3 Å². The first-order valence-corrected chi connectivity index (χ1v) is 8.97. The molecule has 5 nitrogen and oxygen atoms in total. The number of rotatable bonds is 4. The molecule has 2 aliphatic rings. The largest absolute Gasteiger partial charge is 0.378 e. The molecule has 1 aromatic carbocycles. The second-order valence-electron chi connectivity index (χ2n) is 6.85. The summed E-state index contributed by atoms with van der Waals surface area (Å²) in [7, 11) is 0. The third kappa shape index (κ3) is 3.06. The number of aromatic amines is 1. The molecule has 2 fully saturated rings. The summed E-state index contributed by atoms with van der Waals surface area (Å²) < 4.78 is 5.76. The Morgan fingerprint density at radius 1 is 1.21 bits per heavy atom. The Morgan fingerprint density at radius 3 is 2.83 bits per heavy atom. The number of ether oxygens (including phenoxy) is 1. The molecule has 1 atom stereocenters. The van der Waals surface area contributed by atoms with Crippen LogP contribution in [0.1, 0.15) is 35.7 Å². The molecule has 24 heavy (non-hydrogen) atoms. The maximum Gasteiger partial charge on any atom is 0.0758 e. The first-order chi connectivity index (χ1) is 11.8. The summed E-state index contributed by atoms with van der Waals surface area (Å²) in [4.78, 5) is 5.06. The highest BCUT2D eigenvalue weighted by Crippen LogP contribution is 2.30. The van der Waals surface area contributed by atoms with Crippen LogP contribution in [0.5, 0.6) is 0 Å². The quantitative estimate of drug-likeness (QED) is 0.938. The number of nitrogens with zero attached hydrogens (tertiary/aromatic N) is 3. The highest BCUT2D eigenvalue weighted by Gasteiger charge is 2.28. The van der Waals surface area contributed by atoms with Crippen molar-refractivity contribution in [2.75, 3.05) is 37.7 Å². The monoisotopic (exact) mass is 326 g/mol. The molecule has 2 aliphatic heterocycles. The van der Waals surface area contributed by atoms with Crippen molar-refractivity contribution >= 4 is 5.69 Å². The zero-order valence-electron chi connectivity index (χ0n) is 14.4. The van der Waals surface area contributed by atoms with Gasteiger partial charge in [-0.25, -0.2) is 0 Å². The number of anilines is 1. The van der Waals surface area contributed by atoms with E-state index in [9.17, 15) is 0 Å². The van der Waals surface area contributed by atoms with Gasteiger partial charge < -0.3 is 9.64 Å². The smallest absolute Gasteiger partial charge is 0.0758 e. The number of aryl methyl sites for hydroxylation is 1. The van der Waals surface area contributed by atoms with Crippen molar-refractivity contribution in [2.24, 2.45) is 0 Å². The molecule has 2 aromatic rings. The first kappa shape index (κ1) is 15.7.